The zero-order valence-electron chi connectivity index (χ0n) is 5.54. The van der Waals surface area contributed by atoms with Gasteiger partial charge in [-0.05, 0) is 0 Å². The molecule has 1 aliphatic heterocycles. The number of nitrogens with zero attached hydrogens (tertiary/aromatic N) is 1. The molecule has 1 heterocycles. The molecule has 5 heteroatoms. The molecular weight excluding hydrogens is 262 g/mol. The fraction of sp³-hybridized carbons (Fsp3) is 0.800. The summed E-state index contributed by atoms with van der Waals surface area (Å²) >= 11 is 5.31. The second kappa shape index (κ2) is 4.50. The summed E-state index contributed by atoms with van der Waals surface area (Å²) in [6.45, 7) is 3.58. The van der Waals surface area contributed by atoms with Crippen molar-refractivity contribution in [1.29, 1.82) is 0 Å². The van der Waals surface area contributed by atoms with Crippen molar-refractivity contribution in [2.75, 3.05) is 26.3 Å². The minimum absolute atomic E-state index is 0.827. The second-order valence-electron chi connectivity index (χ2n) is 2.02. The summed E-state index contributed by atoms with van der Waals surface area (Å²) in [5.74, 6) is 0. The Bertz CT molecular complexity index is 125. The van der Waals surface area contributed by atoms with Gasteiger partial charge in [0.1, 0.15) is 0 Å². The number of hydrazine groups is 1. The van der Waals surface area contributed by atoms with E-state index in [4.69, 9.17) is 4.74 Å². The minimum atomic E-state index is 0.827. The molecule has 0 amide bonds. The number of rotatable bonds is 2. The molecule has 0 aliphatic carbocycles. The Labute approximate surface area is 76.6 Å². The molecule has 0 saturated carbocycles. The van der Waals surface area contributed by atoms with Crippen molar-refractivity contribution in [3.63, 3.8) is 0 Å². The predicted octanol–water partition coefficient (Wildman–Crippen LogP) is -2.02. The Balaban J connectivity index is 2.19. The third-order valence-corrected chi connectivity index (χ3v) is 1.67. The van der Waals surface area contributed by atoms with Gasteiger partial charge < -0.3 is 0 Å². The Hall–Kier alpha value is 0.629. The van der Waals surface area contributed by atoms with Crippen molar-refractivity contribution in [2.24, 2.45) is 0 Å². The molecule has 1 saturated heterocycles. The Kier molecular flexibility index (Phi) is 3.92. The number of nitrogens with one attached hydrogen (secondary N) is 1. The molecule has 1 aliphatic rings. The summed E-state index contributed by atoms with van der Waals surface area (Å²) in [4.78, 5) is 0. The maximum atomic E-state index is 5.18. The van der Waals surface area contributed by atoms with E-state index in [-0.39, 0.29) is 0 Å². The average Bonchev–Trinajstić information content (AvgIpc) is 1.88. The van der Waals surface area contributed by atoms with E-state index in [1.807, 2.05) is 0 Å². The molecule has 1 rings (SSSR count). The maximum absolute atomic E-state index is 5.18. The molecule has 0 unspecified atom stereocenters. The number of ether oxygens (including phenoxy) is 1. The topological polar surface area (TPSA) is 24.5 Å². The fourth-order valence-corrected chi connectivity index (χ4v) is 1.38. The third-order valence-electron chi connectivity index (χ3n) is 1.26. The summed E-state index contributed by atoms with van der Waals surface area (Å²) < 4.78 is 6.23. The monoisotopic (exact) mass is 274 g/mol. The molecule has 0 aromatic carbocycles. The van der Waals surface area contributed by atoms with Gasteiger partial charge in [0.25, 0.3) is 0 Å². The first kappa shape index (κ1) is 8.72. The van der Waals surface area contributed by atoms with E-state index in [2.05, 4.69) is 42.0 Å². The molecule has 0 bridgehead atoms. The number of hydrogen-bond acceptors (Lipinski definition) is 3. The molecule has 10 heavy (non-hydrogen) atoms. The molecule has 1 fully saturated rings. The van der Waals surface area contributed by atoms with Gasteiger partial charge >= 0.3 is 76.5 Å². The number of hydrogen-bond donors (Lipinski definition) is 1. The van der Waals surface area contributed by atoms with Crippen LogP contribution in [0.1, 0.15) is 0 Å². The van der Waals surface area contributed by atoms with Crippen molar-refractivity contribution >= 4 is 35.0 Å². The third kappa shape index (κ3) is 3.15. The van der Waals surface area contributed by atoms with Gasteiger partial charge in [-0.1, -0.05) is 0 Å². The first-order valence-electron chi connectivity index (χ1n) is 3.11. The molecule has 0 aromatic rings. The Morgan fingerprint density at radius 1 is 1.50 bits per heavy atom. The Morgan fingerprint density at radius 2 is 2.10 bits per heavy atom. The first-order chi connectivity index (χ1) is 4.79. The van der Waals surface area contributed by atoms with Gasteiger partial charge in [-0.15, -0.1) is 0 Å². The molecule has 1 N–H and O–H groups in total. The molecule has 0 aromatic heterocycles. The van der Waals surface area contributed by atoms with Crippen LogP contribution in [0, 0.1) is 0 Å². The molecule has 58 valence electrons. The van der Waals surface area contributed by atoms with Crippen LogP contribution in [0.15, 0.2) is 0 Å². The van der Waals surface area contributed by atoms with E-state index in [0.29, 0.717) is 0 Å². The second-order valence-corrected chi connectivity index (χ2v) is 5.29. The summed E-state index contributed by atoms with van der Waals surface area (Å²) in [6.07, 6.45) is 0. The van der Waals surface area contributed by atoms with Gasteiger partial charge in [0, 0.05) is 0 Å². The zero-order chi connectivity index (χ0) is 7.40. The van der Waals surface area contributed by atoms with Crippen LogP contribution >= 0.6 is 0 Å². The van der Waals surface area contributed by atoms with E-state index < -0.39 is 0 Å². The Morgan fingerprint density at radius 3 is 2.60 bits per heavy atom. The first-order valence-corrected chi connectivity index (χ1v) is 4.91. The molecule has 0 spiro atoms. The van der Waals surface area contributed by atoms with Gasteiger partial charge in [0.05, 0.1) is 0 Å². The predicted molar refractivity (Wildman–Crippen MR) is 43.4 cm³/mol. The fourth-order valence-electron chi connectivity index (χ4n) is 0.810. The SMILES string of the molecule is [Se]=C([SeH])NN1CCOCC1. The molecule has 0 radical (unpaired) electrons. The summed E-state index contributed by atoms with van der Waals surface area (Å²) in [5, 5.41) is 2.13. The zero-order valence-corrected chi connectivity index (χ0v) is 9.13. The normalized spacial score (nSPS) is 20.5. The van der Waals surface area contributed by atoms with Gasteiger partial charge in [-0.2, -0.15) is 0 Å². The van der Waals surface area contributed by atoms with E-state index >= 15 is 0 Å². The van der Waals surface area contributed by atoms with Crippen LogP contribution in [0.2, 0.25) is 0 Å². The average molecular weight is 272 g/mol. The van der Waals surface area contributed by atoms with Crippen LogP contribution in [0.5, 0.6) is 0 Å². The summed E-state index contributed by atoms with van der Waals surface area (Å²) in [6, 6.07) is 0. The van der Waals surface area contributed by atoms with E-state index in [9.17, 15) is 0 Å². The standard InChI is InChI=1S/C5H10N2OSe2/c9-5(10)6-7-1-3-8-4-2-7/h1-4H2,(H2,6,9,10). The van der Waals surface area contributed by atoms with Crippen molar-refractivity contribution in [2.45, 2.75) is 0 Å². The van der Waals surface area contributed by atoms with Crippen LogP contribution in [-0.2, 0) is 4.74 Å². The van der Waals surface area contributed by atoms with Crippen LogP contribution in [0.4, 0.5) is 0 Å². The molecule has 3 nitrogen and oxygen atoms in total. The molecular formula is C5H10N2OSe2. The van der Waals surface area contributed by atoms with E-state index in [1.165, 1.54) is 0 Å². The van der Waals surface area contributed by atoms with Gasteiger partial charge in [-0.25, -0.2) is 0 Å². The summed E-state index contributed by atoms with van der Waals surface area (Å²) in [5.41, 5.74) is 3.17. The van der Waals surface area contributed by atoms with Crippen molar-refractivity contribution < 1.29 is 4.74 Å². The van der Waals surface area contributed by atoms with E-state index in [0.717, 1.165) is 29.7 Å². The van der Waals surface area contributed by atoms with Crippen LogP contribution in [-0.4, -0.2) is 66.3 Å². The van der Waals surface area contributed by atoms with E-state index in [1.54, 1.807) is 0 Å². The molecule has 0 atom stereocenters. The van der Waals surface area contributed by atoms with Crippen LogP contribution in [0.3, 0.4) is 0 Å². The number of morpholine rings is 1. The summed E-state index contributed by atoms with van der Waals surface area (Å²) in [7, 11) is 0. The van der Waals surface area contributed by atoms with Gasteiger partial charge in [-0.3, -0.25) is 0 Å². The van der Waals surface area contributed by atoms with Crippen molar-refractivity contribution in [3.8, 4) is 0 Å². The van der Waals surface area contributed by atoms with Crippen molar-refractivity contribution in [1.82, 2.24) is 10.4 Å². The van der Waals surface area contributed by atoms with Gasteiger partial charge in [0.15, 0.2) is 0 Å². The van der Waals surface area contributed by atoms with Crippen molar-refractivity contribution in [3.05, 3.63) is 0 Å². The van der Waals surface area contributed by atoms with Crippen LogP contribution in [0.25, 0.3) is 0 Å². The van der Waals surface area contributed by atoms with Crippen LogP contribution < -0.4 is 5.43 Å². The van der Waals surface area contributed by atoms with Gasteiger partial charge in [0.2, 0.25) is 0 Å². The quantitative estimate of drug-likeness (QED) is 0.587.